The zero-order valence-corrected chi connectivity index (χ0v) is 17.5. The molecular formula is C24H14F4N2O5. The summed E-state index contributed by atoms with van der Waals surface area (Å²) >= 11 is 0. The largest absolute Gasteiger partial charge is 0.507 e. The zero-order chi connectivity index (χ0) is 25.5. The lowest BCUT2D eigenvalue weighted by molar-refractivity contribution is -0.384. The van der Waals surface area contributed by atoms with E-state index in [-0.39, 0.29) is 22.5 Å². The van der Waals surface area contributed by atoms with E-state index in [2.05, 4.69) is 0 Å². The fourth-order valence-electron chi connectivity index (χ4n) is 3.82. The van der Waals surface area contributed by atoms with Crippen LogP contribution in [-0.4, -0.2) is 21.7 Å². The highest BCUT2D eigenvalue weighted by Gasteiger charge is 2.48. The molecule has 0 radical (unpaired) electrons. The molecule has 0 bridgehead atoms. The van der Waals surface area contributed by atoms with Gasteiger partial charge in [0.25, 0.3) is 17.4 Å². The number of nitro benzene ring substituents is 1. The van der Waals surface area contributed by atoms with Gasteiger partial charge >= 0.3 is 6.18 Å². The lowest BCUT2D eigenvalue weighted by Gasteiger charge is -2.26. The number of aliphatic hydroxyl groups is 1. The normalized spacial score (nSPS) is 17.6. The average Bonchev–Trinajstić information content (AvgIpc) is 3.08. The van der Waals surface area contributed by atoms with E-state index in [9.17, 15) is 42.4 Å². The van der Waals surface area contributed by atoms with Crippen LogP contribution in [0.5, 0.6) is 0 Å². The van der Waals surface area contributed by atoms with Crippen LogP contribution >= 0.6 is 0 Å². The monoisotopic (exact) mass is 486 g/mol. The number of non-ortho nitro benzene ring substituents is 1. The molecule has 35 heavy (non-hydrogen) atoms. The quantitative estimate of drug-likeness (QED) is 0.133. The summed E-state index contributed by atoms with van der Waals surface area (Å²) in [6, 6.07) is 11.4. The molecule has 3 aromatic rings. The van der Waals surface area contributed by atoms with Crippen LogP contribution in [0.1, 0.15) is 22.7 Å². The van der Waals surface area contributed by atoms with Crippen molar-refractivity contribution in [1.29, 1.82) is 0 Å². The number of amides is 1. The molecule has 1 amide bonds. The summed E-state index contributed by atoms with van der Waals surface area (Å²) in [5, 5.41) is 21.8. The Bertz CT molecular complexity index is 1380. The Morgan fingerprint density at radius 3 is 2.23 bits per heavy atom. The van der Waals surface area contributed by atoms with Crippen LogP contribution in [0.15, 0.2) is 78.4 Å². The number of aliphatic hydroxyl groups excluding tert-OH is 1. The maximum Gasteiger partial charge on any atom is 0.416 e. The Morgan fingerprint density at radius 2 is 1.63 bits per heavy atom. The van der Waals surface area contributed by atoms with Crippen LogP contribution < -0.4 is 4.90 Å². The van der Waals surface area contributed by atoms with Gasteiger partial charge in [0.15, 0.2) is 0 Å². The number of Topliss-reactive ketones (excluding diaryl/α,β-unsaturated/α-hetero) is 1. The molecule has 1 aliphatic rings. The summed E-state index contributed by atoms with van der Waals surface area (Å²) in [5.41, 5.74) is -2.65. The summed E-state index contributed by atoms with van der Waals surface area (Å²) in [7, 11) is 0. The lowest BCUT2D eigenvalue weighted by Crippen LogP contribution is -2.30. The highest BCUT2D eigenvalue weighted by atomic mass is 19.4. The molecule has 7 nitrogen and oxygen atoms in total. The zero-order valence-electron chi connectivity index (χ0n) is 17.5. The van der Waals surface area contributed by atoms with E-state index < -0.39 is 51.5 Å². The number of anilines is 1. The van der Waals surface area contributed by atoms with E-state index >= 15 is 0 Å². The van der Waals surface area contributed by atoms with Gasteiger partial charge in [-0.2, -0.15) is 13.2 Å². The highest BCUT2D eigenvalue weighted by Crippen LogP contribution is 2.44. The highest BCUT2D eigenvalue weighted by molar-refractivity contribution is 6.51. The first-order chi connectivity index (χ1) is 16.5. The Balaban J connectivity index is 1.94. The number of hydrogen-bond acceptors (Lipinski definition) is 5. The van der Waals surface area contributed by atoms with Crippen LogP contribution in [0.3, 0.4) is 0 Å². The van der Waals surface area contributed by atoms with Crippen molar-refractivity contribution < 1.29 is 37.2 Å². The third kappa shape index (κ3) is 4.23. The molecule has 3 aromatic carbocycles. The Kier molecular flexibility index (Phi) is 5.85. The average molecular weight is 486 g/mol. The summed E-state index contributed by atoms with van der Waals surface area (Å²) in [5.74, 6) is -4.17. The molecular weight excluding hydrogens is 472 g/mol. The van der Waals surface area contributed by atoms with Crippen LogP contribution in [-0.2, 0) is 15.8 Å². The molecule has 1 N–H and O–H groups in total. The number of halogens is 4. The van der Waals surface area contributed by atoms with Crippen molar-refractivity contribution in [2.45, 2.75) is 12.2 Å². The first-order valence-electron chi connectivity index (χ1n) is 9.98. The number of carbonyl (C=O) groups is 2. The van der Waals surface area contributed by atoms with Crippen molar-refractivity contribution in [2.24, 2.45) is 0 Å². The molecule has 4 rings (SSSR count). The predicted octanol–water partition coefficient (Wildman–Crippen LogP) is 5.38. The molecule has 0 unspecified atom stereocenters. The van der Waals surface area contributed by atoms with Crippen molar-refractivity contribution in [2.75, 3.05) is 4.90 Å². The van der Waals surface area contributed by atoms with E-state index in [1.807, 2.05) is 0 Å². The number of nitrogens with zero attached hydrogens (tertiary/aromatic N) is 2. The van der Waals surface area contributed by atoms with E-state index in [1.165, 1.54) is 18.2 Å². The number of benzene rings is 3. The van der Waals surface area contributed by atoms with Gasteiger partial charge in [0, 0.05) is 28.9 Å². The summed E-state index contributed by atoms with van der Waals surface area (Å²) in [4.78, 5) is 36.9. The third-order valence-electron chi connectivity index (χ3n) is 5.45. The molecule has 0 spiro atoms. The number of nitro groups is 1. The van der Waals surface area contributed by atoms with Crippen LogP contribution in [0, 0.1) is 15.9 Å². The van der Waals surface area contributed by atoms with Gasteiger partial charge < -0.3 is 5.11 Å². The molecule has 0 aromatic heterocycles. The molecule has 1 fully saturated rings. The SMILES string of the molecule is O=C1C(=O)N(c2cccc(C(F)(F)F)c2)[C@@H](c2ccccc2F)/C1=C(\O)c1ccc([N+](=O)[O-])cc1. The van der Waals surface area contributed by atoms with Gasteiger partial charge in [0.1, 0.15) is 11.6 Å². The minimum Gasteiger partial charge on any atom is -0.507 e. The Hall–Kier alpha value is -4.54. The number of ketones is 1. The standard InChI is InChI=1S/C24H14F4N2O5/c25-18-7-2-1-6-17(18)20-19(21(31)13-8-10-15(11-9-13)30(34)35)22(32)23(33)29(20)16-5-3-4-14(12-16)24(26,27)28/h1-12,20,31H/b21-19+/t20-/m0/s1. The first kappa shape index (κ1) is 23.6. The minimum absolute atomic E-state index is 0.0843. The van der Waals surface area contributed by atoms with Crippen LogP contribution in [0.25, 0.3) is 5.76 Å². The molecule has 11 heteroatoms. The van der Waals surface area contributed by atoms with Crippen molar-refractivity contribution in [3.05, 3.63) is 111 Å². The van der Waals surface area contributed by atoms with Crippen molar-refractivity contribution in [3.8, 4) is 0 Å². The van der Waals surface area contributed by atoms with Gasteiger partial charge in [0.05, 0.1) is 22.1 Å². The summed E-state index contributed by atoms with van der Waals surface area (Å²) in [6.45, 7) is 0. The van der Waals surface area contributed by atoms with Gasteiger partial charge in [-0.1, -0.05) is 24.3 Å². The lowest BCUT2D eigenvalue weighted by atomic mass is 9.94. The fraction of sp³-hybridized carbons (Fsp3) is 0.0833. The van der Waals surface area contributed by atoms with Crippen molar-refractivity contribution >= 4 is 28.8 Å². The minimum atomic E-state index is -4.75. The number of carbonyl (C=O) groups excluding carboxylic acids is 2. The van der Waals surface area contributed by atoms with E-state index in [1.54, 1.807) is 0 Å². The second kappa shape index (κ2) is 8.67. The molecule has 1 atom stereocenters. The Labute approximate surface area is 194 Å². The maximum absolute atomic E-state index is 14.8. The summed E-state index contributed by atoms with van der Waals surface area (Å²) < 4.78 is 54.7. The first-order valence-corrected chi connectivity index (χ1v) is 9.98. The number of rotatable bonds is 4. The van der Waals surface area contributed by atoms with Crippen LogP contribution in [0.4, 0.5) is 28.9 Å². The van der Waals surface area contributed by atoms with Gasteiger partial charge in [-0.15, -0.1) is 0 Å². The van der Waals surface area contributed by atoms with Gasteiger partial charge in [-0.3, -0.25) is 24.6 Å². The molecule has 0 aliphatic carbocycles. The van der Waals surface area contributed by atoms with Gasteiger partial charge in [0.2, 0.25) is 0 Å². The third-order valence-corrected chi connectivity index (χ3v) is 5.45. The number of hydrogen-bond donors (Lipinski definition) is 1. The predicted molar refractivity (Wildman–Crippen MR) is 116 cm³/mol. The number of alkyl halides is 3. The van der Waals surface area contributed by atoms with Crippen molar-refractivity contribution in [1.82, 2.24) is 0 Å². The van der Waals surface area contributed by atoms with Gasteiger partial charge in [-0.25, -0.2) is 4.39 Å². The maximum atomic E-state index is 14.8. The van der Waals surface area contributed by atoms with Gasteiger partial charge in [-0.05, 0) is 36.4 Å². The van der Waals surface area contributed by atoms with Crippen molar-refractivity contribution in [3.63, 3.8) is 0 Å². The second-order valence-electron chi connectivity index (χ2n) is 7.54. The summed E-state index contributed by atoms with van der Waals surface area (Å²) in [6.07, 6.45) is -4.75. The molecule has 1 heterocycles. The van der Waals surface area contributed by atoms with Crippen LogP contribution in [0.2, 0.25) is 0 Å². The second-order valence-corrected chi connectivity index (χ2v) is 7.54. The fourth-order valence-corrected chi connectivity index (χ4v) is 3.82. The van der Waals surface area contributed by atoms with E-state index in [0.29, 0.717) is 11.0 Å². The molecule has 178 valence electrons. The smallest absolute Gasteiger partial charge is 0.416 e. The van der Waals surface area contributed by atoms with E-state index in [4.69, 9.17) is 0 Å². The molecule has 0 saturated carbocycles. The topological polar surface area (TPSA) is 101 Å². The Morgan fingerprint density at radius 1 is 0.971 bits per heavy atom. The molecule has 1 aliphatic heterocycles. The van der Waals surface area contributed by atoms with E-state index in [0.717, 1.165) is 48.5 Å². The molecule has 1 saturated heterocycles.